The molecule has 0 amide bonds. The van der Waals surface area contributed by atoms with Gasteiger partial charge in [-0.1, -0.05) is 24.8 Å². The van der Waals surface area contributed by atoms with Gasteiger partial charge in [0.1, 0.15) is 17.7 Å². The van der Waals surface area contributed by atoms with Gasteiger partial charge in [0.05, 0.1) is 24.3 Å². The number of nitrogens with two attached hydrogens (primary N) is 2. The second-order valence-electron chi connectivity index (χ2n) is 7.30. The summed E-state index contributed by atoms with van der Waals surface area (Å²) in [5, 5.41) is -0.0585. The maximum atomic E-state index is 13.5. The number of hydrogen-bond donors (Lipinski definition) is 5. The summed E-state index contributed by atoms with van der Waals surface area (Å²) < 4.78 is 47.6. The molecule has 0 bridgehead atoms. The van der Waals surface area contributed by atoms with E-state index in [1.165, 1.54) is 36.8 Å². The highest BCUT2D eigenvalue weighted by Gasteiger charge is 2.41. The second-order valence-corrected chi connectivity index (χ2v) is 12.6. The van der Waals surface area contributed by atoms with Crippen molar-refractivity contribution in [2.24, 2.45) is 10.7 Å². The number of amidine groups is 1. The van der Waals surface area contributed by atoms with Crippen LogP contribution < -0.4 is 16.8 Å². The lowest BCUT2D eigenvalue weighted by Gasteiger charge is -2.23. The van der Waals surface area contributed by atoms with Crippen LogP contribution in [0.5, 0.6) is 0 Å². The van der Waals surface area contributed by atoms with Gasteiger partial charge in [-0.15, -0.1) is 0 Å². The van der Waals surface area contributed by atoms with Crippen molar-refractivity contribution in [1.29, 1.82) is 0 Å². The fraction of sp³-hybridized carbons (Fsp3) is 0.278. The van der Waals surface area contributed by atoms with Gasteiger partial charge in [0.15, 0.2) is 5.84 Å². The Morgan fingerprint density at radius 3 is 2.57 bits per heavy atom. The number of anilines is 1. The van der Waals surface area contributed by atoms with Gasteiger partial charge in [0, 0.05) is 6.20 Å². The van der Waals surface area contributed by atoms with Crippen LogP contribution in [0.2, 0.25) is 0 Å². The number of nitrogen functional groups attached to an aromatic ring is 1. The Balaban J connectivity index is 1.73. The smallest absolute Gasteiger partial charge is 0.383 e. The van der Waals surface area contributed by atoms with Crippen molar-refractivity contribution in [2.45, 2.75) is 25.2 Å². The predicted molar refractivity (Wildman–Crippen MR) is 131 cm³/mol. The zero-order chi connectivity index (χ0) is 25.9. The molecule has 0 saturated carbocycles. The van der Waals surface area contributed by atoms with E-state index in [-0.39, 0.29) is 29.3 Å². The molecule has 1 fully saturated rings. The van der Waals surface area contributed by atoms with Crippen LogP contribution in [0.4, 0.5) is 5.82 Å². The van der Waals surface area contributed by atoms with Crippen molar-refractivity contribution in [3.05, 3.63) is 55.1 Å². The van der Waals surface area contributed by atoms with Crippen molar-refractivity contribution in [3.63, 3.8) is 0 Å². The SMILES string of the molecule is C=CN=C(N)c1ncn(C2CCC(COP(=O)(OP(=O)(O)OP(=C)(O)O)c3ccccc3)O2)c1N. The van der Waals surface area contributed by atoms with E-state index in [1.807, 2.05) is 0 Å². The summed E-state index contributed by atoms with van der Waals surface area (Å²) in [5.41, 5.74) is 12.2. The predicted octanol–water partition coefficient (Wildman–Crippen LogP) is 1.84. The first kappa shape index (κ1) is 27.5. The van der Waals surface area contributed by atoms with Crippen LogP contribution in [-0.2, 0) is 27.0 Å². The number of aromatic nitrogens is 2. The monoisotopic (exact) mass is 549 g/mol. The van der Waals surface area contributed by atoms with Gasteiger partial charge in [-0.25, -0.2) is 23.2 Å². The van der Waals surface area contributed by atoms with E-state index in [2.05, 4.69) is 27.2 Å². The molecule has 1 aliphatic rings. The van der Waals surface area contributed by atoms with Crippen molar-refractivity contribution in [2.75, 3.05) is 12.3 Å². The topological polar surface area (TPSA) is 214 Å². The molecule has 192 valence electrons. The summed E-state index contributed by atoms with van der Waals surface area (Å²) in [5.74, 6) is 0.314. The number of hydrogen-bond acceptors (Lipinski definition) is 11. The first-order chi connectivity index (χ1) is 16.3. The molecule has 1 aliphatic heterocycles. The lowest BCUT2D eigenvalue weighted by molar-refractivity contribution is -0.0177. The maximum absolute atomic E-state index is 13.5. The molecular weight excluding hydrogens is 523 g/mol. The minimum absolute atomic E-state index is 0.0585. The summed E-state index contributed by atoms with van der Waals surface area (Å²) in [4.78, 5) is 36.5. The molecular formula is C18H26N5O9P3. The van der Waals surface area contributed by atoms with Gasteiger partial charge in [0.2, 0.25) is 0 Å². The molecule has 35 heavy (non-hydrogen) atoms. The first-order valence-electron chi connectivity index (χ1n) is 10.0. The average molecular weight is 549 g/mol. The lowest BCUT2D eigenvalue weighted by atomic mass is 10.2. The zero-order valence-electron chi connectivity index (χ0n) is 18.4. The van der Waals surface area contributed by atoms with E-state index in [4.69, 9.17) is 25.0 Å². The summed E-state index contributed by atoms with van der Waals surface area (Å²) in [7, 11) is -14.2. The summed E-state index contributed by atoms with van der Waals surface area (Å²) in [6.07, 6.45) is 5.35. The van der Waals surface area contributed by atoms with Crippen molar-refractivity contribution in [1.82, 2.24) is 9.55 Å². The van der Waals surface area contributed by atoms with E-state index >= 15 is 0 Å². The fourth-order valence-electron chi connectivity index (χ4n) is 3.22. The molecule has 0 radical (unpaired) electrons. The molecule has 3 rings (SSSR count). The van der Waals surface area contributed by atoms with Crippen LogP contribution >= 0.6 is 23.0 Å². The lowest BCUT2D eigenvalue weighted by Crippen LogP contribution is -2.20. The third kappa shape index (κ3) is 7.22. The highest BCUT2D eigenvalue weighted by molar-refractivity contribution is 7.73. The van der Waals surface area contributed by atoms with E-state index in [0.717, 1.165) is 0 Å². The quantitative estimate of drug-likeness (QED) is 0.154. The zero-order valence-corrected chi connectivity index (χ0v) is 21.0. The Morgan fingerprint density at radius 1 is 1.26 bits per heavy atom. The van der Waals surface area contributed by atoms with Crippen LogP contribution in [0, 0.1) is 0 Å². The maximum Gasteiger partial charge on any atom is 0.486 e. The van der Waals surface area contributed by atoms with Crippen LogP contribution in [-0.4, -0.2) is 49.1 Å². The van der Waals surface area contributed by atoms with E-state index in [1.54, 1.807) is 10.6 Å². The third-order valence-electron chi connectivity index (χ3n) is 4.65. The average Bonchev–Trinajstić information content (AvgIpc) is 3.37. The van der Waals surface area contributed by atoms with Crippen LogP contribution in [0.3, 0.4) is 0 Å². The Kier molecular flexibility index (Phi) is 8.56. The first-order valence-corrected chi connectivity index (χ1v) is 14.8. The Bertz CT molecular complexity index is 1230. The Labute approximate surface area is 201 Å². The number of benzene rings is 1. The molecule has 2 aromatic rings. The molecule has 1 saturated heterocycles. The summed E-state index contributed by atoms with van der Waals surface area (Å²) >= 11 is 0. The Hall–Kier alpha value is -2.08. The molecule has 0 aliphatic carbocycles. The minimum atomic E-state index is -5.24. The normalized spacial score (nSPS) is 22.4. The Morgan fingerprint density at radius 2 is 1.94 bits per heavy atom. The molecule has 7 N–H and O–H groups in total. The van der Waals surface area contributed by atoms with E-state index in [0.29, 0.717) is 12.8 Å². The molecule has 1 aromatic carbocycles. The van der Waals surface area contributed by atoms with Crippen molar-refractivity contribution < 1.29 is 41.7 Å². The largest absolute Gasteiger partial charge is 0.486 e. The molecule has 4 unspecified atom stereocenters. The molecule has 17 heteroatoms. The third-order valence-corrected chi connectivity index (χ3v) is 9.62. The molecule has 0 spiro atoms. The van der Waals surface area contributed by atoms with Gasteiger partial charge in [-0.2, -0.15) is 0 Å². The van der Waals surface area contributed by atoms with Gasteiger partial charge >= 0.3 is 15.4 Å². The minimum Gasteiger partial charge on any atom is -0.383 e. The second kappa shape index (κ2) is 10.9. The van der Waals surface area contributed by atoms with Gasteiger partial charge in [0.25, 0.3) is 7.57 Å². The number of nitrogens with zero attached hydrogens (tertiary/aromatic N) is 3. The fourth-order valence-corrected chi connectivity index (χ4v) is 7.63. The van der Waals surface area contributed by atoms with Crippen LogP contribution in [0.25, 0.3) is 0 Å². The molecule has 14 nitrogen and oxygen atoms in total. The van der Waals surface area contributed by atoms with Gasteiger partial charge in [-0.05, 0) is 31.3 Å². The standard InChI is InChI=1S/C18H26N5O9P3/c1-3-21-17(19)16-18(20)23(12-22-16)15-10-9-13(30-15)11-29-34(26,14-7-5-4-6-8-14)32-35(27,28)31-33(2,24)25/h3-8,12-13,15,24-25H,1-2,9-11,20H2,(H2,19,21)(H,27,28). The molecule has 1 aromatic heterocycles. The number of phosphoric acid groups is 1. The summed E-state index contributed by atoms with van der Waals surface area (Å²) in [6.45, 7) is 3.17. The van der Waals surface area contributed by atoms with Gasteiger partial charge in [-0.3, -0.25) is 9.13 Å². The number of rotatable bonds is 11. The molecule has 4 atom stereocenters. The van der Waals surface area contributed by atoms with E-state index < -0.39 is 35.3 Å². The van der Waals surface area contributed by atoms with Gasteiger partial charge < -0.3 is 35.4 Å². The van der Waals surface area contributed by atoms with Crippen LogP contribution in [0.1, 0.15) is 24.8 Å². The highest BCUT2D eigenvalue weighted by atomic mass is 31.3. The summed E-state index contributed by atoms with van der Waals surface area (Å²) in [6, 6.07) is 7.35. The highest BCUT2D eigenvalue weighted by Crippen LogP contribution is 2.67. The van der Waals surface area contributed by atoms with Crippen molar-refractivity contribution >= 4 is 46.2 Å². The van der Waals surface area contributed by atoms with Crippen LogP contribution in [0.15, 0.2) is 54.4 Å². The van der Waals surface area contributed by atoms with Crippen molar-refractivity contribution in [3.8, 4) is 0 Å². The number of ether oxygens (including phenoxy) is 1. The van der Waals surface area contributed by atoms with E-state index in [9.17, 15) is 23.8 Å². The number of aliphatic imine (C=N–C) groups is 1. The molecule has 2 heterocycles. The number of imidazole rings is 1.